The number of guanidine groups is 1. The molecular weight excluding hydrogens is 358 g/mol. The Balaban J connectivity index is 0. The van der Waals surface area contributed by atoms with E-state index in [1.165, 1.54) is 0 Å². The molecule has 158 valence electrons. The van der Waals surface area contributed by atoms with Crippen LogP contribution in [-0.4, -0.2) is 74.3 Å². The van der Waals surface area contributed by atoms with Crippen LogP contribution in [0.5, 0.6) is 0 Å². The summed E-state index contributed by atoms with van der Waals surface area (Å²) in [5, 5.41) is 13.1. The predicted molar refractivity (Wildman–Crippen MR) is 102 cm³/mol. The van der Waals surface area contributed by atoms with Gasteiger partial charge in [0.25, 0.3) is 0 Å². The lowest BCUT2D eigenvalue weighted by Gasteiger charge is -2.11. The monoisotopic (exact) mass is 391 g/mol. The topological polar surface area (TPSA) is 221 Å². The molecule has 0 rings (SSSR count). The standard InChI is InChI=1S/C11H22N4O5.C4H11N3/c12-3-5-20-6-4-14-9(16)2-1-8(13)11(19)15-7-10(17)18;1-2-3-7-4(5)6/h8H,1-7,12-13H2,(H,14,16)(H,15,19)(H,17,18);2-3H2,1H3,(H4,5,6,7). The van der Waals surface area contributed by atoms with Gasteiger partial charge in [-0.05, 0) is 12.8 Å². The minimum atomic E-state index is -1.15. The molecule has 12 nitrogen and oxygen atoms in total. The number of nitrogens with one attached hydrogen (secondary N) is 2. The summed E-state index contributed by atoms with van der Waals surface area (Å²) in [5.74, 6) is -1.81. The van der Waals surface area contributed by atoms with Crippen molar-refractivity contribution in [3.8, 4) is 0 Å². The van der Waals surface area contributed by atoms with Crippen molar-refractivity contribution in [2.75, 3.05) is 39.4 Å². The molecule has 11 N–H and O–H groups in total. The first-order valence-corrected chi connectivity index (χ1v) is 8.59. The van der Waals surface area contributed by atoms with Crippen molar-refractivity contribution in [3.05, 3.63) is 0 Å². The lowest BCUT2D eigenvalue weighted by Crippen LogP contribution is -2.43. The van der Waals surface area contributed by atoms with Crippen LogP contribution < -0.4 is 33.6 Å². The molecule has 0 aromatic heterocycles. The van der Waals surface area contributed by atoms with E-state index in [1.54, 1.807) is 0 Å². The van der Waals surface area contributed by atoms with Crippen LogP contribution in [-0.2, 0) is 19.1 Å². The summed E-state index contributed by atoms with van der Waals surface area (Å²) in [6.07, 6.45) is 1.22. The van der Waals surface area contributed by atoms with Crippen molar-refractivity contribution < 1.29 is 24.2 Å². The van der Waals surface area contributed by atoms with E-state index in [1.807, 2.05) is 6.92 Å². The van der Waals surface area contributed by atoms with Gasteiger partial charge in [0, 0.05) is 26.1 Å². The van der Waals surface area contributed by atoms with Gasteiger partial charge in [-0.15, -0.1) is 0 Å². The number of hydrogen-bond acceptors (Lipinski definition) is 7. The van der Waals surface area contributed by atoms with Gasteiger partial charge in [-0.25, -0.2) is 0 Å². The molecule has 0 bridgehead atoms. The van der Waals surface area contributed by atoms with Gasteiger partial charge in [0.1, 0.15) is 6.54 Å². The van der Waals surface area contributed by atoms with E-state index >= 15 is 0 Å². The second-order valence-electron chi connectivity index (χ2n) is 5.31. The molecule has 12 heteroatoms. The Bertz CT molecular complexity index is 456. The molecule has 0 fully saturated rings. The first kappa shape index (κ1) is 26.8. The van der Waals surface area contributed by atoms with Gasteiger partial charge in [-0.2, -0.15) is 0 Å². The summed E-state index contributed by atoms with van der Waals surface area (Å²) in [7, 11) is 0. The average molecular weight is 391 g/mol. The maximum absolute atomic E-state index is 11.4. The van der Waals surface area contributed by atoms with E-state index in [-0.39, 0.29) is 24.7 Å². The molecule has 0 saturated heterocycles. The Morgan fingerprint density at radius 1 is 1.19 bits per heavy atom. The Hall–Kier alpha value is -2.44. The number of rotatable bonds is 13. The minimum Gasteiger partial charge on any atom is -0.480 e. The number of carboxylic acids is 1. The number of nitrogens with zero attached hydrogens (tertiary/aromatic N) is 1. The molecule has 1 unspecified atom stereocenters. The second-order valence-corrected chi connectivity index (χ2v) is 5.31. The van der Waals surface area contributed by atoms with Gasteiger partial charge >= 0.3 is 5.97 Å². The highest BCUT2D eigenvalue weighted by Gasteiger charge is 2.15. The van der Waals surface area contributed by atoms with Crippen molar-refractivity contribution in [1.82, 2.24) is 10.6 Å². The third-order valence-corrected chi connectivity index (χ3v) is 2.78. The normalized spacial score (nSPS) is 10.8. The quantitative estimate of drug-likeness (QED) is 0.0967. The van der Waals surface area contributed by atoms with Crippen LogP contribution in [0.1, 0.15) is 26.2 Å². The van der Waals surface area contributed by atoms with Crippen LogP contribution >= 0.6 is 0 Å². The van der Waals surface area contributed by atoms with E-state index in [0.717, 1.165) is 13.0 Å². The fourth-order valence-corrected chi connectivity index (χ4v) is 1.49. The van der Waals surface area contributed by atoms with Crippen molar-refractivity contribution in [1.29, 1.82) is 0 Å². The molecule has 0 spiro atoms. The first-order valence-electron chi connectivity index (χ1n) is 8.59. The zero-order valence-corrected chi connectivity index (χ0v) is 15.8. The van der Waals surface area contributed by atoms with Crippen molar-refractivity contribution in [2.45, 2.75) is 32.2 Å². The molecular formula is C15H33N7O5. The van der Waals surface area contributed by atoms with E-state index in [4.69, 9.17) is 32.8 Å². The zero-order chi connectivity index (χ0) is 21.1. The maximum Gasteiger partial charge on any atom is 0.322 e. The third-order valence-electron chi connectivity index (χ3n) is 2.78. The molecule has 0 aliphatic rings. The number of ether oxygens (including phenoxy) is 1. The number of nitrogens with two attached hydrogens (primary N) is 4. The molecule has 1 atom stereocenters. The van der Waals surface area contributed by atoms with Gasteiger partial charge in [0.05, 0.1) is 19.3 Å². The number of aliphatic imine (C=N–C) groups is 1. The van der Waals surface area contributed by atoms with E-state index in [9.17, 15) is 14.4 Å². The highest BCUT2D eigenvalue weighted by molar-refractivity contribution is 5.85. The van der Waals surface area contributed by atoms with Gasteiger partial charge in [-0.3, -0.25) is 19.4 Å². The first-order chi connectivity index (χ1) is 12.7. The van der Waals surface area contributed by atoms with Crippen molar-refractivity contribution in [2.24, 2.45) is 27.9 Å². The fourth-order valence-electron chi connectivity index (χ4n) is 1.49. The predicted octanol–water partition coefficient (Wildman–Crippen LogP) is -2.94. The van der Waals surface area contributed by atoms with Gasteiger partial charge < -0.3 is 43.4 Å². The highest BCUT2D eigenvalue weighted by atomic mass is 16.5. The van der Waals surface area contributed by atoms with Crippen LogP contribution in [0.3, 0.4) is 0 Å². The smallest absolute Gasteiger partial charge is 0.322 e. The molecule has 0 radical (unpaired) electrons. The number of amides is 2. The van der Waals surface area contributed by atoms with Crippen LogP contribution in [0.4, 0.5) is 0 Å². The Morgan fingerprint density at radius 2 is 1.85 bits per heavy atom. The molecule has 0 saturated carbocycles. The van der Waals surface area contributed by atoms with Gasteiger partial charge in [0.2, 0.25) is 11.8 Å². The van der Waals surface area contributed by atoms with E-state index in [2.05, 4.69) is 15.6 Å². The number of carboxylic acid groups (broad SMARTS) is 1. The molecule has 0 aliphatic heterocycles. The fraction of sp³-hybridized carbons (Fsp3) is 0.733. The van der Waals surface area contributed by atoms with Crippen LogP contribution in [0.15, 0.2) is 4.99 Å². The van der Waals surface area contributed by atoms with Gasteiger partial charge in [0.15, 0.2) is 5.96 Å². The third kappa shape index (κ3) is 21.5. The summed E-state index contributed by atoms with van der Waals surface area (Å²) in [6.45, 7) is 3.86. The molecule has 0 aliphatic carbocycles. The minimum absolute atomic E-state index is 0.0819. The maximum atomic E-state index is 11.4. The Kier molecular flexibility index (Phi) is 18.2. The zero-order valence-electron chi connectivity index (χ0n) is 15.8. The summed E-state index contributed by atoms with van der Waals surface area (Å²) in [6, 6.07) is -0.909. The molecule has 0 aromatic rings. The molecule has 2 amide bonds. The molecule has 0 heterocycles. The number of aliphatic carboxylic acids is 1. The molecule has 0 aromatic carbocycles. The number of carbonyl (C=O) groups excluding carboxylic acids is 2. The summed E-state index contributed by atoms with van der Waals surface area (Å²) >= 11 is 0. The Labute approximate surface area is 159 Å². The lowest BCUT2D eigenvalue weighted by molar-refractivity contribution is -0.138. The van der Waals surface area contributed by atoms with E-state index < -0.39 is 24.5 Å². The largest absolute Gasteiger partial charge is 0.480 e. The molecule has 27 heavy (non-hydrogen) atoms. The van der Waals surface area contributed by atoms with Crippen LogP contribution in [0, 0.1) is 0 Å². The number of hydrogen-bond donors (Lipinski definition) is 7. The van der Waals surface area contributed by atoms with Crippen molar-refractivity contribution >= 4 is 23.7 Å². The highest BCUT2D eigenvalue weighted by Crippen LogP contribution is 1.94. The number of carbonyl (C=O) groups is 3. The SMILES string of the molecule is CCCN=C(N)N.NCCOCCNC(=O)CCC(N)C(=O)NCC(=O)O. The Morgan fingerprint density at radius 3 is 2.33 bits per heavy atom. The summed E-state index contributed by atoms with van der Waals surface area (Å²) in [5.41, 5.74) is 20.8. The summed E-state index contributed by atoms with van der Waals surface area (Å²) in [4.78, 5) is 36.7. The summed E-state index contributed by atoms with van der Waals surface area (Å²) < 4.78 is 5.07. The van der Waals surface area contributed by atoms with E-state index in [0.29, 0.717) is 26.3 Å². The van der Waals surface area contributed by atoms with Crippen LogP contribution in [0.25, 0.3) is 0 Å². The average Bonchev–Trinajstić information content (AvgIpc) is 2.62. The lowest BCUT2D eigenvalue weighted by atomic mass is 10.1. The van der Waals surface area contributed by atoms with Crippen LogP contribution in [0.2, 0.25) is 0 Å². The van der Waals surface area contributed by atoms with Crippen molar-refractivity contribution in [3.63, 3.8) is 0 Å². The van der Waals surface area contributed by atoms with Gasteiger partial charge in [-0.1, -0.05) is 6.92 Å². The second kappa shape index (κ2) is 18.4.